The fraction of sp³-hybridized carbons (Fsp3) is 0.300. The van der Waals surface area contributed by atoms with Crippen molar-refractivity contribution in [2.45, 2.75) is 19.6 Å². The molecule has 84 valence electrons. The van der Waals surface area contributed by atoms with Crippen LogP contribution < -0.4 is 5.73 Å². The molecule has 0 saturated heterocycles. The zero-order valence-electron chi connectivity index (χ0n) is 8.47. The van der Waals surface area contributed by atoms with Gasteiger partial charge in [0.1, 0.15) is 5.75 Å². The summed E-state index contributed by atoms with van der Waals surface area (Å²) in [5.74, 6) is 0.0314. The van der Waals surface area contributed by atoms with Gasteiger partial charge in [-0.3, -0.25) is 4.98 Å². The van der Waals surface area contributed by atoms with E-state index in [9.17, 15) is 5.11 Å². The van der Waals surface area contributed by atoms with Gasteiger partial charge in [-0.15, -0.1) is 19.0 Å². The first kappa shape index (κ1) is 13.9. The lowest BCUT2D eigenvalue weighted by molar-refractivity contribution is 0.278. The molecule has 0 unspecified atom stereocenters. The first-order chi connectivity index (χ1) is 6.61. The molecular weight excluding hydrogens is 216 g/mol. The van der Waals surface area contributed by atoms with Crippen LogP contribution in [0.3, 0.4) is 0 Å². The molecule has 1 aromatic rings. The summed E-state index contributed by atoms with van der Waals surface area (Å²) in [6, 6.07) is -0.487. The highest BCUT2D eigenvalue weighted by atomic mass is 35.5. The smallest absolute Gasteiger partial charge is 0.142 e. The molecule has 0 amide bonds. The molecule has 0 aliphatic rings. The second-order valence-electron chi connectivity index (χ2n) is 3.05. The number of rotatable bonds is 3. The minimum atomic E-state index is -0.487. The minimum Gasteiger partial charge on any atom is -0.506 e. The number of nitrogens with zero attached hydrogens (tertiary/aromatic N) is 1. The summed E-state index contributed by atoms with van der Waals surface area (Å²) in [5, 5.41) is 18.7. The second kappa shape index (κ2) is 5.70. The van der Waals surface area contributed by atoms with Gasteiger partial charge in [0, 0.05) is 17.3 Å². The van der Waals surface area contributed by atoms with E-state index in [1.54, 1.807) is 6.92 Å². The lowest BCUT2D eigenvalue weighted by Crippen LogP contribution is -2.11. The minimum absolute atomic E-state index is 0. The molecule has 1 aromatic heterocycles. The van der Waals surface area contributed by atoms with E-state index in [0.717, 1.165) is 0 Å². The van der Waals surface area contributed by atoms with Crippen LogP contribution in [0.25, 0.3) is 0 Å². The Kier molecular flexibility index (Phi) is 5.28. The largest absolute Gasteiger partial charge is 0.506 e. The van der Waals surface area contributed by atoms with Crippen LogP contribution in [0.5, 0.6) is 5.75 Å². The topological polar surface area (TPSA) is 79.4 Å². The van der Waals surface area contributed by atoms with Crippen LogP contribution in [-0.4, -0.2) is 15.2 Å². The molecule has 0 fully saturated rings. The number of hydrogen-bond acceptors (Lipinski definition) is 4. The Morgan fingerprint density at radius 3 is 2.73 bits per heavy atom. The highest BCUT2D eigenvalue weighted by Crippen LogP contribution is 2.28. The molecule has 0 aliphatic heterocycles. The Hall–Kier alpha value is -1.10. The molecule has 1 rings (SSSR count). The van der Waals surface area contributed by atoms with Gasteiger partial charge in [-0.05, 0) is 6.92 Å². The standard InChI is InChI=1S/C10H14N2O2.ClH/c1-3-8(11)9-7(5-13)4-12-6(2)10(9)14;/h3-4,8,13-14H,1,5,11H2,2H3;1H/t8-;/m0./s1. The maximum absolute atomic E-state index is 9.71. The normalized spacial score (nSPS) is 11.7. The van der Waals surface area contributed by atoms with Gasteiger partial charge in [0.25, 0.3) is 0 Å². The molecule has 0 bridgehead atoms. The SMILES string of the molecule is C=C[C@H](N)c1c(CO)cnc(C)c1O.Cl. The molecule has 0 radical (unpaired) electrons. The van der Waals surface area contributed by atoms with E-state index in [4.69, 9.17) is 10.8 Å². The van der Waals surface area contributed by atoms with Gasteiger partial charge in [-0.2, -0.15) is 0 Å². The van der Waals surface area contributed by atoms with Gasteiger partial charge in [0.15, 0.2) is 0 Å². The molecule has 4 nitrogen and oxygen atoms in total. The summed E-state index contributed by atoms with van der Waals surface area (Å²) in [6.07, 6.45) is 3.02. The molecule has 5 heteroatoms. The number of nitrogens with two attached hydrogens (primary N) is 1. The summed E-state index contributed by atoms with van der Waals surface area (Å²) < 4.78 is 0. The number of aliphatic hydroxyl groups excluding tert-OH is 1. The van der Waals surface area contributed by atoms with Crippen LogP contribution in [0.15, 0.2) is 18.9 Å². The second-order valence-corrected chi connectivity index (χ2v) is 3.05. The predicted octanol–water partition coefficient (Wildman–Crippen LogP) is 1.20. The summed E-state index contributed by atoms with van der Waals surface area (Å²) in [4.78, 5) is 3.93. The number of aromatic hydroxyl groups is 1. The average Bonchev–Trinajstić information content (AvgIpc) is 2.20. The Morgan fingerprint density at radius 2 is 2.27 bits per heavy atom. The zero-order chi connectivity index (χ0) is 10.7. The van der Waals surface area contributed by atoms with E-state index in [0.29, 0.717) is 16.8 Å². The molecular formula is C10H15ClN2O2. The Bertz CT molecular complexity index is 356. The van der Waals surface area contributed by atoms with E-state index in [2.05, 4.69) is 11.6 Å². The quantitative estimate of drug-likeness (QED) is 0.682. The summed E-state index contributed by atoms with van der Waals surface area (Å²) in [5.41, 5.74) is 7.24. The summed E-state index contributed by atoms with van der Waals surface area (Å²) in [7, 11) is 0. The molecule has 0 saturated carbocycles. The van der Waals surface area contributed by atoms with Crippen LogP contribution in [0.2, 0.25) is 0 Å². The highest BCUT2D eigenvalue weighted by molar-refractivity contribution is 5.85. The van der Waals surface area contributed by atoms with Crippen molar-refractivity contribution in [3.05, 3.63) is 35.7 Å². The Balaban J connectivity index is 0.00000196. The van der Waals surface area contributed by atoms with Gasteiger partial charge in [0.2, 0.25) is 0 Å². The number of hydrogen-bond donors (Lipinski definition) is 3. The van der Waals surface area contributed by atoms with Gasteiger partial charge in [-0.1, -0.05) is 6.08 Å². The van der Waals surface area contributed by atoms with E-state index in [1.807, 2.05) is 0 Å². The monoisotopic (exact) mass is 230 g/mol. The van der Waals surface area contributed by atoms with Crippen molar-refractivity contribution >= 4 is 12.4 Å². The molecule has 1 heterocycles. The third kappa shape index (κ3) is 2.68. The van der Waals surface area contributed by atoms with Crippen LogP contribution in [0.4, 0.5) is 0 Å². The molecule has 15 heavy (non-hydrogen) atoms. The fourth-order valence-corrected chi connectivity index (χ4v) is 1.27. The third-order valence-electron chi connectivity index (χ3n) is 2.12. The van der Waals surface area contributed by atoms with Gasteiger partial charge < -0.3 is 15.9 Å². The lowest BCUT2D eigenvalue weighted by Gasteiger charge is -2.14. The first-order valence-corrected chi connectivity index (χ1v) is 4.28. The van der Waals surface area contributed by atoms with E-state index in [-0.39, 0.29) is 24.8 Å². The lowest BCUT2D eigenvalue weighted by atomic mass is 10.0. The van der Waals surface area contributed by atoms with Crippen molar-refractivity contribution in [3.63, 3.8) is 0 Å². The van der Waals surface area contributed by atoms with E-state index in [1.165, 1.54) is 12.3 Å². The van der Waals surface area contributed by atoms with Crippen molar-refractivity contribution in [1.29, 1.82) is 0 Å². The zero-order valence-corrected chi connectivity index (χ0v) is 9.29. The van der Waals surface area contributed by atoms with Crippen LogP contribution in [0, 0.1) is 6.92 Å². The van der Waals surface area contributed by atoms with Crippen molar-refractivity contribution in [2.24, 2.45) is 5.73 Å². The maximum Gasteiger partial charge on any atom is 0.142 e. The van der Waals surface area contributed by atoms with Gasteiger partial charge in [0.05, 0.1) is 18.3 Å². The van der Waals surface area contributed by atoms with Crippen molar-refractivity contribution in [3.8, 4) is 5.75 Å². The van der Waals surface area contributed by atoms with Crippen molar-refractivity contribution in [2.75, 3.05) is 0 Å². The average molecular weight is 231 g/mol. The fourth-order valence-electron chi connectivity index (χ4n) is 1.27. The number of aryl methyl sites for hydroxylation is 1. The number of aliphatic hydroxyl groups is 1. The summed E-state index contributed by atoms with van der Waals surface area (Å²) >= 11 is 0. The molecule has 0 spiro atoms. The molecule has 4 N–H and O–H groups in total. The molecule has 0 aliphatic carbocycles. The number of aromatic nitrogens is 1. The van der Waals surface area contributed by atoms with E-state index < -0.39 is 6.04 Å². The predicted molar refractivity (Wildman–Crippen MR) is 60.9 cm³/mol. The van der Waals surface area contributed by atoms with E-state index >= 15 is 0 Å². The van der Waals surface area contributed by atoms with Crippen LogP contribution in [0.1, 0.15) is 22.9 Å². The Labute approximate surface area is 94.9 Å². The number of halogens is 1. The van der Waals surface area contributed by atoms with Crippen LogP contribution in [-0.2, 0) is 6.61 Å². The van der Waals surface area contributed by atoms with Crippen molar-refractivity contribution < 1.29 is 10.2 Å². The summed E-state index contributed by atoms with van der Waals surface area (Å²) in [6.45, 7) is 5.02. The Morgan fingerprint density at radius 1 is 1.67 bits per heavy atom. The van der Waals surface area contributed by atoms with Gasteiger partial charge >= 0.3 is 0 Å². The highest BCUT2D eigenvalue weighted by Gasteiger charge is 2.15. The van der Waals surface area contributed by atoms with Crippen LogP contribution >= 0.6 is 12.4 Å². The number of pyridine rings is 1. The third-order valence-corrected chi connectivity index (χ3v) is 2.12. The van der Waals surface area contributed by atoms with Gasteiger partial charge in [-0.25, -0.2) is 0 Å². The first-order valence-electron chi connectivity index (χ1n) is 4.28. The molecule has 1 atom stereocenters. The molecule has 0 aromatic carbocycles. The van der Waals surface area contributed by atoms with Crippen molar-refractivity contribution in [1.82, 2.24) is 4.98 Å². The maximum atomic E-state index is 9.71.